The zero-order valence-corrected chi connectivity index (χ0v) is 11.5. The quantitative estimate of drug-likeness (QED) is 0.823. The Morgan fingerprint density at radius 1 is 1.24 bits per heavy atom. The Bertz CT molecular complexity index is 360. The van der Waals surface area contributed by atoms with Crippen LogP contribution in [-0.4, -0.2) is 22.6 Å². The van der Waals surface area contributed by atoms with Crippen LogP contribution in [0.5, 0.6) is 0 Å². The van der Waals surface area contributed by atoms with Gasteiger partial charge in [-0.15, -0.1) is 0 Å². The van der Waals surface area contributed by atoms with Crippen LogP contribution in [-0.2, 0) is 0 Å². The van der Waals surface area contributed by atoms with Crippen molar-refractivity contribution >= 4 is 5.82 Å². The van der Waals surface area contributed by atoms with Crippen molar-refractivity contribution in [1.82, 2.24) is 9.97 Å². The summed E-state index contributed by atoms with van der Waals surface area (Å²) in [6.45, 7) is 11.1. The van der Waals surface area contributed by atoms with Crippen LogP contribution in [0.25, 0.3) is 0 Å². The molecule has 0 radical (unpaired) electrons. The summed E-state index contributed by atoms with van der Waals surface area (Å²) in [5, 5.41) is 3.39. The van der Waals surface area contributed by atoms with E-state index in [0.717, 1.165) is 17.3 Å². The van der Waals surface area contributed by atoms with Crippen molar-refractivity contribution in [2.45, 2.75) is 46.6 Å². The van der Waals surface area contributed by atoms with Crippen molar-refractivity contribution in [1.29, 1.82) is 0 Å². The Morgan fingerprint density at radius 2 is 1.88 bits per heavy atom. The molecule has 17 heavy (non-hydrogen) atoms. The summed E-state index contributed by atoms with van der Waals surface area (Å²) in [7, 11) is 0. The van der Waals surface area contributed by atoms with Crippen molar-refractivity contribution < 1.29 is 0 Å². The van der Waals surface area contributed by atoms with Gasteiger partial charge in [0.1, 0.15) is 11.6 Å². The maximum Gasteiger partial charge on any atom is 0.133 e. The van der Waals surface area contributed by atoms with Gasteiger partial charge in [-0.1, -0.05) is 27.7 Å². The van der Waals surface area contributed by atoms with Gasteiger partial charge in [0, 0.05) is 30.3 Å². The van der Waals surface area contributed by atoms with Crippen LogP contribution >= 0.6 is 0 Å². The highest BCUT2D eigenvalue weighted by atomic mass is 15.1. The number of nitrogens with two attached hydrogens (primary N) is 1. The second kappa shape index (κ2) is 5.96. The van der Waals surface area contributed by atoms with Gasteiger partial charge in [0.25, 0.3) is 0 Å². The fourth-order valence-corrected chi connectivity index (χ4v) is 1.61. The molecule has 3 N–H and O–H groups in total. The number of hydrogen-bond acceptors (Lipinski definition) is 4. The van der Waals surface area contributed by atoms with E-state index in [1.165, 1.54) is 0 Å². The van der Waals surface area contributed by atoms with Gasteiger partial charge in [-0.3, -0.25) is 0 Å². The number of aromatic nitrogens is 2. The lowest BCUT2D eigenvalue weighted by Gasteiger charge is -2.21. The van der Waals surface area contributed by atoms with Gasteiger partial charge in [0.15, 0.2) is 0 Å². The molecule has 1 aromatic rings. The van der Waals surface area contributed by atoms with Crippen LogP contribution < -0.4 is 11.1 Å². The molecule has 0 aliphatic heterocycles. The molecule has 0 aromatic carbocycles. The summed E-state index contributed by atoms with van der Waals surface area (Å²) in [4.78, 5) is 8.95. The highest BCUT2D eigenvalue weighted by molar-refractivity contribution is 5.37. The summed E-state index contributed by atoms with van der Waals surface area (Å²) >= 11 is 0. The molecule has 0 aliphatic rings. The van der Waals surface area contributed by atoms with Crippen molar-refractivity contribution in [3.63, 3.8) is 0 Å². The summed E-state index contributed by atoms with van der Waals surface area (Å²) in [5.41, 5.74) is 6.74. The van der Waals surface area contributed by atoms with E-state index in [1.54, 1.807) is 0 Å². The summed E-state index contributed by atoms with van der Waals surface area (Å²) < 4.78 is 0. The van der Waals surface area contributed by atoms with Crippen LogP contribution in [0.15, 0.2) is 6.07 Å². The minimum Gasteiger partial charge on any atom is -0.366 e. The molecule has 1 atom stereocenters. The molecule has 0 saturated carbocycles. The third-order valence-corrected chi connectivity index (χ3v) is 2.78. The van der Waals surface area contributed by atoms with Crippen molar-refractivity contribution in [2.75, 3.05) is 11.9 Å². The molecule has 0 bridgehead atoms. The fourth-order valence-electron chi connectivity index (χ4n) is 1.61. The molecule has 0 aliphatic carbocycles. The largest absolute Gasteiger partial charge is 0.366 e. The van der Waals surface area contributed by atoms with Crippen LogP contribution in [0.2, 0.25) is 0 Å². The predicted molar refractivity (Wildman–Crippen MR) is 72.2 cm³/mol. The van der Waals surface area contributed by atoms with Gasteiger partial charge in [-0.05, 0) is 12.8 Å². The highest BCUT2D eigenvalue weighted by Crippen LogP contribution is 2.15. The van der Waals surface area contributed by atoms with Crippen molar-refractivity contribution in [3.05, 3.63) is 17.6 Å². The lowest BCUT2D eigenvalue weighted by atomic mass is 10.0. The number of anilines is 1. The van der Waals surface area contributed by atoms with E-state index in [1.807, 2.05) is 13.0 Å². The average Bonchev–Trinajstić information content (AvgIpc) is 2.24. The van der Waals surface area contributed by atoms with E-state index in [9.17, 15) is 0 Å². The second-order valence-electron chi connectivity index (χ2n) is 5.14. The number of nitrogens with one attached hydrogen (secondary N) is 1. The lowest BCUT2D eigenvalue weighted by molar-refractivity contribution is 0.529. The van der Waals surface area contributed by atoms with E-state index in [2.05, 4.69) is 43.0 Å². The third kappa shape index (κ3) is 3.97. The molecule has 1 unspecified atom stereocenters. The molecule has 4 heteroatoms. The monoisotopic (exact) mass is 236 g/mol. The Balaban J connectivity index is 2.90. The van der Waals surface area contributed by atoms with Crippen molar-refractivity contribution in [2.24, 2.45) is 11.7 Å². The lowest BCUT2D eigenvalue weighted by Crippen LogP contribution is -2.34. The summed E-state index contributed by atoms with van der Waals surface area (Å²) in [5.74, 6) is 2.58. The molecule has 0 spiro atoms. The van der Waals surface area contributed by atoms with Crippen LogP contribution in [0, 0.1) is 12.8 Å². The molecule has 0 fully saturated rings. The Labute approximate surface area is 104 Å². The maximum atomic E-state index is 5.75. The summed E-state index contributed by atoms with van der Waals surface area (Å²) in [6.07, 6.45) is 0. The average molecular weight is 236 g/mol. The first-order chi connectivity index (χ1) is 7.93. The summed E-state index contributed by atoms with van der Waals surface area (Å²) in [6, 6.07) is 2.22. The third-order valence-electron chi connectivity index (χ3n) is 2.78. The molecule has 0 saturated heterocycles. The molecule has 1 aromatic heterocycles. The molecule has 96 valence electrons. The minimum absolute atomic E-state index is 0.254. The van der Waals surface area contributed by atoms with Gasteiger partial charge in [0.2, 0.25) is 0 Å². The highest BCUT2D eigenvalue weighted by Gasteiger charge is 2.13. The fraction of sp³-hybridized carbons (Fsp3) is 0.692. The first kappa shape index (κ1) is 13.9. The standard InChI is InChI=1S/C13H24N4/c1-8(2)11(7-14)16-12-6-10(5)15-13(17-12)9(3)4/h6,8-9,11H,7,14H2,1-5H3,(H,15,16,17). The first-order valence-corrected chi connectivity index (χ1v) is 6.26. The molecular weight excluding hydrogens is 212 g/mol. The Hall–Kier alpha value is -1.16. The van der Waals surface area contributed by atoms with Crippen LogP contribution in [0.4, 0.5) is 5.82 Å². The zero-order valence-electron chi connectivity index (χ0n) is 11.5. The molecule has 0 amide bonds. The minimum atomic E-state index is 0.254. The zero-order chi connectivity index (χ0) is 13.0. The van der Waals surface area contributed by atoms with Gasteiger partial charge in [-0.2, -0.15) is 0 Å². The second-order valence-corrected chi connectivity index (χ2v) is 5.14. The smallest absolute Gasteiger partial charge is 0.133 e. The van der Waals surface area contributed by atoms with Crippen LogP contribution in [0.3, 0.4) is 0 Å². The van der Waals surface area contributed by atoms with Gasteiger partial charge in [-0.25, -0.2) is 9.97 Å². The first-order valence-electron chi connectivity index (χ1n) is 6.26. The number of nitrogens with zero attached hydrogens (tertiary/aromatic N) is 2. The molecule has 1 rings (SSSR count). The van der Waals surface area contributed by atoms with E-state index in [-0.39, 0.29) is 6.04 Å². The van der Waals surface area contributed by atoms with E-state index < -0.39 is 0 Å². The maximum absolute atomic E-state index is 5.75. The Kier molecular flexibility index (Phi) is 4.87. The van der Waals surface area contributed by atoms with E-state index in [0.29, 0.717) is 18.4 Å². The number of aryl methyl sites for hydroxylation is 1. The number of hydrogen-bond donors (Lipinski definition) is 2. The number of rotatable bonds is 5. The van der Waals surface area contributed by atoms with Crippen molar-refractivity contribution in [3.8, 4) is 0 Å². The predicted octanol–water partition coefficient (Wildman–Crippen LogP) is 2.30. The molecule has 1 heterocycles. The van der Waals surface area contributed by atoms with Gasteiger partial charge in [0.05, 0.1) is 0 Å². The van der Waals surface area contributed by atoms with Gasteiger partial charge < -0.3 is 11.1 Å². The molecular formula is C13H24N4. The van der Waals surface area contributed by atoms with E-state index in [4.69, 9.17) is 5.73 Å². The molecule has 4 nitrogen and oxygen atoms in total. The normalized spacial score (nSPS) is 13.2. The SMILES string of the molecule is Cc1cc(NC(CN)C(C)C)nc(C(C)C)n1. The topological polar surface area (TPSA) is 63.8 Å². The van der Waals surface area contributed by atoms with Gasteiger partial charge >= 0.3 is 0 Å². The van der Waals surface area contributed by atoms with Crippen LogP contribution in [0.1, 0.15) is 45.1 Å². The van der Waals surface area contributed by atoms with E-state index >= 15 is 0 Å². The Morgan fingerprint density at radius 3 is 2.35 bits per heavy atom.